The lowest BCUT2D eigenvalue weighted by Crippen LogP contribution is -2.26. The number of hydrogen-bond acceptors (Lipinski definition) is 6. The molecule has 2 aromatic carbocycles. The summed E-state index contributed by atoms with van der Waals surface area (Å²) >= 11 is 1.32. The smallest absolute Gasteiger partial charge is 0.237 e. The van der Waals surface area contributed by atoms with Crippen LogP contribution in [0.3, 0.4) is 0 Å². The number of amides is 2. The van der Waals surface area contributed by atoms with Crippen LogP contribution in [-0.4, -0.2) is 38.9 Å². The van der Waals surface area contributed by atoms with E-state index < -0.39 is 0 Å². The summed E-state index contributed by atoms with van der Waals surface area (Å²) in [5, 5.41) is 14.4. The summed E-state index contributed by atoms with van der Waals surface area (Å²) in [6.07, 6.45) is 0.263. The zero-order valence-electron chi connectivity index (χ0n) is 19.5. The van der Waals surface area contributed by atoms with Gasteiger partial charge in [0.2, 0.25) is 11.8 Å². The van der Waals surface area contributed by atoms with Crippen LogP contribution in [0.2, 0.25) is 0 Å². The highest BCUT2D eigenvalue weighted by Gasteiger charge is 2.19. The fourth-order valence-corrected chi connectivity index (χ4v) is 4.00. The number of methoxy groups -OCH3 is 1. The number of nitrogens with zero attached hydrogens (tertiary/aromatic N) is 3. The first-order chi connectivity index (χ1) is 15.8. The molecule has 1 heterocycles. The number of carbonyl (C=O) groups excluding carboxylic acids is 2. The number of thioether (sulfide) groups is 1. The van der Waals surface area contributed by atoms with Gasteiger partial charge < -0.3 is 19.9 Å². The predicted octanol–water partition coefficient (Wildman–Crippen LogP) is 3.42. The third-order valence-electron chi connectivity index (χ3n) is 5.18. The molecule has 2 N–H and O–H groups in total. The molecular formula is C24H29N5O3S. The third-order valence-corrected chi connectivity index (χ3v) is 6.32. The summed E-state index contributed by atoms with van der Waals surface area (Å²) in [4.78, 5) is 24.9. The quantitative estimate of drug-likeness (QED) is 0.468. The first-order valence-electron chi connectivity index (χ1n) is 10.6. The fraction of sp³-hybridized carbons (Fsp3) is 0.333. The molecule has 8 nitrogen and oxygen atoms in total. The summed E-state index contributed by atoms with van der Waals surface area (Å²) in [5.41, 5.74) is 3.87. The Morgan fingerprint density at radius 1 is 1.12 bits per heavy atom. The number of carbonyl (C=O) groups is 2. The Bertz CT molecular complexity index is 1130. The number of benzene rings is 2. The number of nitrogens with one attached hydrogen (secondary N) is 2. The lowest BCUT2D eigenvalue weighted by atomic mass is 10.1. The van der Waals surface area contributed by atoms with E-state index in [4.69, 9.17) is 4.74 Å². The minimum Gasteiger partial charge on any atom is -0.497 e. The van der Waals surface area contributed by atoms with Crippen molar-refractivity contribution in [2.45, 2.75) is 44.1 Å². The van der Waals surface area contributed by atoms with Crippen LogP contribution in [0, 0.1) is 13.8 Å². The molecule has 174 valence electrons. The van der Waals surface area contributed by atoms with E-state index in [1.54, 1.807) is 11.7 Å². The molecule has 0 fully saturated rings. The Morgan fingerprint density at radius 3 is 2.52 bits per heavy atom. The molecule has 0 aliphatic carbocycles. The van der Waals surface area contributed by atoms with Crippen molar-refractivity contribution in [2.24, 2.45) is 7.05 Å². The molecule has 2 amide bonds. The predicted molar refractivity (Wildman–Crippen MR) is 129 cm³/mol. The second kappa shape index (κ2) is 11.0. The van der Waals surface area contributed by atoms with E-state index in [0.717, 1.165) is 28.1 Å². The van der Waals surface area contributed by atoms with Crippen LogP contribution < -0.4 is 15.4 Å². The van der Waals surface area contributed by atoms with Crippen molar-refractivity contribution in [3.63, 3.8) is 0 Å². The summed E-state index contributed by atoms with van der Waals surface area (Å²) in [6, 6.07) is 13.3. The lowest BCUT2D eigenvalue weighted by molar-refractivity contribution is -0.120. The summed E-state index contributed by atoms with van der Waals surface area (Å²) < 4.78 is 6.92. The molecule has 3 aromatic rings. The maximum absolute atomic E-state index is 12.6. The first-order valence-corrected chi connectivity index (χ1v) is 11.5. The summed E-state index contributed by atoms with van der Waals surface area (Å²) in [5.74, 6) is 1.14. The van der Waals surface area contributed by atoms with Gasteiger partial charge in [0.05, 0.1) is 25.3 Å². The fourth-order valence-electron chi connectivity index (χ4n) is 3.17. The van der Waals surface area contributed by atoms with Crippen molar-refractivity contribution >= 4 is 29.3 Å². The first kappa shape index (κ1) is 24.3. The van der Waals surface area contributed by atoms with Crippen LogP contribution in [0.25, 0.3) is 0 Å². The van der Waals surface area contributed by atoms with Crippen molar-refractivity contribution in [2.75, 3.05) is 12.4 Å². The normalized spacial score (nSPS) is 11.7. The Labute approximate surface area is 198 Å². The highest BCUT2D eigenvalue weighted by atomic mass is 32.2. The monoisotopic (exact) mass is 467 g/mol. The highest BCUT2D eigenvalue weighted by Crippen LogP contribution is 2.24. The zero-order valence-corrected chi connectivity index (χ0v) is 20.3. The van der Waals surface area contributed by atoms with Gasteiger partial charge in [0, 0.05) is 12.7 Å². The van der Waals surface area contributed by atoms with Crippen LogP contribution >= 0.6 is 11.8 Å². The van der Waals surface area contributed by atoms with Crippen LogP contribution in [0.5, 0.6) is 5.75 Å². The standard InChI is InChI=1S/C24H29N5O3S/c1-15-6-11-20(16(2)12-15)26-23(31)17(3)33-24-28-27-21(29(24)4)14-25-22(30)13-18-7-9-19(32-5)10-8-18/h6-12,17H,13-14H2,1-5H3,(H,25,30)(H,26,31). The minimum atomic E-state index is -0.369. The second-order valence-electron chi connectivity index (χ2n) is 7.83. The molecule has 0 radical (unpaired) electrons. The minimum absolute atomic E-state index is 0.107. The molecule has 33 heavy (non-hydrogen) atoms. The number of hydrogen-bond donors (Lipinski definition) is 2. The Morgan fingerprint density at radius 2 is 1.85 bits per heavy atom. The summed E-state index contributed by atoms with van der Waals surface area (Å²) in [6.45, 7) is 6.07. The molecule has 0 spiro atoms. The Kier molecular flexibility index (Phi) is 8.11. The highest BCUT2D eigenvalue weighted by molar-refractivity contribution is 8.00. The van der Waals surface area contributed by atoms with Crippen molar-refractivity contribution in [3.8, 4) is 5.75 Å². The molecule has 0 saturated heterocycles. The van der Waals surface area contributed by atoms with Crippen molar-refractivity contribution in [1.29, 1.82) is 0 Å². The van der Waals surface area contributed by atoms with Crippen molar-refractivity contribution in [3.05, 3.63) is 65.0 Å². The van der Waals surface area contributed by atoms with E-state index in [0.29, 0.717) is 11.0 Å². The number of rotatable bonds is 9. The van der Waals surface area contributed by atoms with Gasteiger partial charge in [0.1, 0.15) is 5.75 Å². The second-order valence-corrected chi connectivity index (χ2v) is 9.14. The average molecular weight is 468 g/mol. The van der Waals surface area contributed by atoms with Gasteiger partial charge in [-0.25, -0.2) is 0 Å². The third kappa shape index (κ3) is 6.58. The van der Waals surface area contributed by atoms with Crippen LogP contribution in [0.1, 0.15) is 29.4 Å². The Balaban J connectivity index is 1.52. The molecule has 0 bridgehead atoms. The van der Waals surface area contributed by atoms with Crippen molar-refractivity contribution < 1.29 is 14.3 Å². The molecule has 3 rings (SSSR count). The molecule has 1 atom stereocenters. The van der Waals surface area contributed by atoms with Gasteiger partial charge in [-0.1, -0.05) is 41.6 Å². The maximum Gasteiger partial charge on any atom is 0.237 e. The van der Waals surface area contributed by atoms with E-state index in [1.165, 1.54) is 11.8 Å². The van der Waals surface area contributed by atoms with Crippen molar-refractivity contribution in [1.82, 2.24) is 20.1 Å². The van der Waals surface area contributed by atoms with Gasteiger partial charge in [-0.2, -0.15) is 0 Å². The van der Waals surface area contributed by atoms with E-state index in [1.807, 2.05) is 70.3 Å². The van der Waals surface area contributed by atoms with Gasteiger partial charge in [0.15, 0.2) is 11.0 Å². The average Bonchev–Trinajstić information content (AvgIpc) is 3.13. The van der Waals surface area contributed by atoms with E-state index in [-0.39, 0.29) is 30.0 Å². The molecule has 0 saturated carbocycles. The lowest BCUT2D eigenvalue weighted by Gasteiger charge is -2.13. The largest absolute Gasteiger partial charge is 0.497 e. The van der Waals surface area contributed by atoms with E-state index >= 15 is 0 Å². The SMILES string of the molecule is COc1ccc(CC(=O)NCc2nnc(SC(C)C(=O)Nc3ccc(C)cc3C)n2C)cc1. The molecule has 9 heteroatoms. The van der Waals surface area contributed by atoms with Gasteiger partial charge in [-0.05, 0) is 50.1 Å². The molecule has 1 aromatic heterocycles. The molecule has 1 unspecified atom stereocenters. The van der Waals surface area contributed by atoms with Gasteiger partial charge in [0.25, 0.3) is 0 Å². The number of ether oxygens (including phenoxy) is 1. The van der Waals surface area contributed by atoms with Gasteiger partial charge >= 0.3 is 0 Å². The number of aryl methyl sites for hydroxylation is 2. The van der Waals surface area contributed by atoms with Crippen LogP contribution in [-0.2, 0) is 29.6 Å². The van der Waals surface area contributed by atoms with Crippen LogP contribution in [0.4, 0.5) is 5.69 Å². The van der Waals surface area contributed by atoms with Crippen LogP contribution in [0.15, 0.2) is 47.6 Å². The molecule has 0 aliphatic heterocycles. The number of anilines is 1. The molecule has 0 aliphatic rings. The maximum atomic E-state index is 12.6. The molecular weight excluding hydrogens is 438 g/mol. The Hall–Kier alpha value is -3.33. The summed E-state index contributed by atoms with van der Waals surface area (Å²) in [7, 11) is 3.43. The van der Waals surface area contributed by atoms with Gasteiger partial charge in [-0.15, -0.1) is 10.2 Å². The zero-order chi connectivity index (χ0) is 24.0. The van der Waals surface area contributed by atoms with Gasteiger partial charge in [-0.3, -0.25) is 9.59 Å². The topological polar surface area (TPSA) is 98.1 Å². The number of aromatic nitrogens is 3. The van der Waals surface area contributed by atoms with E-state index in [2.05, 4.69) is 20.8 Å². The van der Waals surface area contributed by atoms with E-state index in [9.17, 15) is 9.59 Å².